The van der Waals surface area contributed by atoms with Gasteiger partial charge in [-0.2, -0.15) is 0 Å². The van der Waals surface area contributed by atoms with Crippen LogP contribution in [0.15, 0.2) is 30.3 Å². The normalized spacial score (nSPS) is 10.8. The fourth-order valence-electron chi connectivity index (χ4n) is 1.96. The topological polar surface area (TPSA) is 75.5 Å². The Morgan fingerprint density at radius 1 is 1.35 bits per heavy atom. The zero-order valence-electron chi connectivity index (χ0n) is 12.1. The largest absolute Gasteiger partial charge is 0.319 e. The van der Waals surface area contributed by atoms with Crippen molar-refractivity contribution in [1.82, 2.24) is 4.90 Å². The number of nitro benzene ring substituents is 1. The molecular weight excluding hydrogens is 361 g/mol. The van der Waals surface area contributed by atoms with Gasteiger partial charge < -0.3 is 5.32 Å². The van der Waals surface area contributed by atoms with E-state index >= 15 is 0 Å². The van der Waals surface area contributed by atoms with Crippen molar-refractivity contribution in [2.24, 2.45) is 0 Å². The highest BCUT2D eigenvalue weighted by molar-refractivity contribution is 7.16. The number of rotatable bonds is 6. The molecule has 0 aliphatic heterocycles. The third-order valence-corrected chi connectivity index (χ3v) is 4.35. The number of nitro groups is 1. The molecule has 1 heterocycles. The summed E-state index contributed by atoms with van der Waals surface area (Å²) in [7, 11) is 1.78. The molecular formula is C14H13Cl2N3O3S. The number of amides is 1. The summed E-state index contributed by atoms with van der Waals surface area (Å²) in [4.78, 5) is 25.3. The minimum atomic E-state index is -0.584. The lowest BCUT2D eigenvalue weighted by atomic mass is 10.2. The molecule has 0 bridgehead atoms. The van der Waals surface area contributed by atoms with E-state index in [1.807, 2.05) is 6.07 Å². The number of likely N-dealkylation sites (N-methyl/N-ethyl adjacent to an activating group) is 1. The van der Waals surface area contributed by atoms with Crippen molar-refractivity contribution >= 4 is 51.8 Å². The van der Waals surface area contributed by atoms with Crippen LogP contribution < -0.4 is 5.32 Å². The van der Waals surface area contributed by atoms with E-state index in [1.165, 1.54) is 29.5 Å². The molecule has 2 aromatic rings. The second-order valence-electron chi connectivity index (χ2n) is 4.84. The SMILES string of the molecule is CN(CC(=O)Nc1ccc(Cl)cc1[N+](=O)[O-])Cc1ccc(Cl)s1. The van der Waals surface area contributed by atoms with Crippen LogP contribution in [-0.4, -0.2) is 29.3 Å². The number of halogens is 2. The van der Waals surface area contributed by atoms with Crippen molar-refractivity contribution in [3.05, 3.63) is 54.7 Å². The summed E-state index contributed by atoms with van der Waals surface area (Å²) in [6.07, 6.45) is 0. The van der Waals surface area contributed by atoms with E-state index in [0.717, 1.165) is 4.88 Å². The van der Waals surface area contributed by atoms with Gasteiger partial charge in [-0.25, -0.2) is 0 Å². The molecule has 1 amide bonds. The zero-order valence-corrected chi connectivity index (χ0v) is 14.4. The number of nitrogens with one attached hydrogen (secondary N) is 1. The van der Waals surface area contributed by atoms with Gasteiger partial charge in [0.25, 0.3) is 5.69 Å². The number of hydrogen-bond acceptors (Lipinski definition) is 5. The van der Waals surface area contributed by atoms with Crippen molar-refractivity contribution in [1.29, 1.82) is 0 Å². The molecule has 0 fully saturated rings. The maximum absolute atomic E-state index is 12.0. The Hall–Kier alpha value is -1.67. The maximum Gasteiger partial charge on any atom is 0.294 e. The molecule has 0 aliphatic carbocycles. The molecule has 6 nitrogen and oxygen atoms in total. The smallest absolute Gasteiger partial charge is 0.294 e. The first-order chi connectivity index (χ1) is 10.8. The molecule has 23 heavy (non-hydrogen) atoms. The summed E-state index contributed by atoms with van der Waals surface area (Å²) in [6, 6.07) is 7.80. The van der Waals surface area contributed by atoms with Gasteiger partial charge in [0, 0.05) is 22.5 Å². The van der Waals surface area contributed by atoms with Crippen molar-refractivity contribution in [2.45, 2.75) is 6.54 Å². The van der Waals surface area contributed by atoms with Crippen LogP contribution in [0.1, 0.15) is 4.88 Å². The number of nitrogens with zero attached hydrogens (tertiary/aromatic N) is 2. The molecule has 122 valence electrons. The van der Waals surface area contributed by atoms with Gasteiger partial charge in [-0.1, -0.05) is 23.2 Å². The van der Waals surface area contributed by atoms with Gasteiger partial charge in [-0.05, 0) is 31.3 Å². The van der Waals surface area contributed by atoms with Crippen LogP contribution in [-0.2, 0) is 11.3 Å². The Labute approximate surface area is 146 Å². The molecule has 2 rings (SSSR count). The summed E-state index contributed by atoms with van der Waals surface area (Å²) in [5.41, 5.74) is -0.115. The first kappa shape index (κ1) is 17.7. The Bertz CT molecular complexity index is 736. The fraction of sp³-hybridized carbons (Fsp3) is 0.214. The van der Waals surface area contributed by atoms with Gasteiger partial charge in [0.1, 0.15) is 5.69 Å². The van der Waals surface area contributed by atoms with Crippen molar-refractivity contribution in [3.63, 3.8) is 0 Å². The molecule has 0 saturated carbocycles. The summed E-state index contributed by atoms with van der Waals surface area (Å²) in [6.45, 7) is 0.656. The number of carbonyl (C=O) groups excluding carboxylic acids is 1. The Kier molecular flexibility index (Phi) is 5.95. The van der Waals surface area contributed by atoms with Crippen LogP contribution in [0.25, 0.3) is 0 Å². The predicted octanol–water partition coefficient (Wildman–Crippen LogP) is 4.03. The molecule has 0 unspecified atom stereocenters. The van der Waals surface area contributed by atoms with Crippen molar-refractivity contribution in [2.75, 3.05) is 18.9 Å². The average molecular weight is 374 g/mol. The van der Waals surface area contributed by atoms with Crippen molar-refractivity contribution < 1.29 is 9.72 Å². The van der Waals surface area contributed by atoms with Crippen LogP contribution in [0.4, 0.5) is 11.4 Å². The summed E-state index contributed by atoms with van der Waals surface area (Å²) < 4.78 is 0.689. The summed E-state index contributed by atoms with van der Waals surface area (Å²) in [5, 5.41) is 13.8. The minimum Gasteiger partial charge on any atom is -0.319 e. The van der Waals surface area contributed by atoms with Gasteiger partial charge >= 0.3 is 0 Å². The quantitative estimate of drug-likeness (QED) is 0.612. The third kappa shape index (κ3) is 5.18. The van der Waals surface area contributed by atoms with E-state index < -0.39 is 4.92 Å². The van der Waals surface area contributed by atoms with Gasteiger partial charge in [-0.15, -0.1) is 11.3 Å². The van der Waals surface area contributed by atoms with E-state index in [-0.39, 0.29) is 28.8 Å². The van der Waals surface area contributed by atoms with Crippen LogP contribution in [0.2, 0.25) is 9.36 Å². The number of carbonyl (C=O) groups is 1. The molecule has 0 radical (unpaired) electrons. The van der Waals surface area contributed by atoms with Crippen molar-refractivity contribution in [3.8, 4) is 0 Å². The maximum atomic E-state index is 12.0. The number of benzene rings is 1. The Balaban J connectivity index is 1.98. The van der Waals surface area contributed by atoms with Crippen LogP contribution >= 0.6 is 34.5 Å². The van der Waals surface area contributed by atoms with Gasteiger partial charge in [0.2, 0.25) is 5.91 Å². The lowest BCUT2D eigenvalue weighted by Gasteiger charge is -2.15. The number of thiophene rings is 1. The van der Waals surface area contributed by atoms with Crippen LogP contribution in [0, 0.1) is 10.1 Å². The van der Waals surface area contributed by atoms with Crippen LogP contribution in [0.5, 0.6) is 0 Å². The number of hydrogen-bond donors (Lipinski definition) is 1. The van der Waals surface area contributed by atoms with Gasteiger partial charge in [0.05, 0.1) is 15.8 Å². The predicted molar refractivity (Wildman–Crippen MR) is 92.4 cm³/mol. The highest BCUT2D eigenvalue weighted by Gasteiger charge is 2.17. The molecule has 9 heteroatoms. The first-order valence-electron chi connectivity index (χ1n) is 6.51. The molecule has 1 aromatic carbocycles. The monoisotopic (exact) mass is 373 g/mol. The second kappa shape index (κ2) is 7.74. The van der Waals surface area contributed by atoms with E-state index in [2.05, 4.69) is 5.32 Å². The molecule has 1 N–H and O–H groups in total. The lowest BCUT2D eigenvalue weighted by molar-refractivity contribution is -0.383. The van der Waals surface area contributed by atoms with E-state index in [9.17, 15) is 14.9 Å². The van der Waals surface area contributed by atoms with E-state index in [4.69, 9.17) is 23.2 Å². The summed E-state index contributed by atoms with van der Waals surface area (Å²) in [5.74, 6) is -0.347. The standard InChI is InChI=1S/C14H13Cl2N3O3S/c1-18(7-10-3-5-13(16)23-10)8-14(20)17-11-4-2-9(15)6-12(11)19(21)22/h2-6H,7-8H2,1H3,(H,17,20). The zero-order chi connectivity index (χ0) is 17.0. The van der Waals surface area contributed by atoms with E-state index in [1.54, 1.807) is 18.0 Å². The number of anilines is 1. The molecule has 0 aliphatic rings. The fourth-order valence-corrected chi connectivity index (χ4v) is 3.29. The molecule has 0 atom stereocenters. The minimum absolute atomic E-state index is 0.0926. The Morgan fingerprint density at radius 3 is 2.70 bits per heavy atom. The molecule has 1 aromatic heterocycles. The lowest BCUT2D eigenvalue weighted by Crippen LogP contribution is -2.29. The van der Waals surface area contributed by atoms with E-state index in [0.29, 0.717) is 10.9 Å². The van der Waals surface area contributed by atoms with Gasteiger partial charge in [0.15, 0.2) is 0 Å². The highest BCUT2D eigenvalue weighted by Crippen LogP contribution is 2.27. The van der Waals surface area contributed by atoms with Gasteiger partial charge in [-0.3, -0.25) is 19.8 Å². The first-order valence-corrected chi connectivity index (χ1v) is 8.09. The second-order valence-corrected chi connectivity index (χ2v) is 7.08. The third-order valence-electron chi connectivity index (χ3n) is 2.90. The Morgan fingerprint density at radius 2 is 2.09 bits per heavy atom. The summed E-state index contributed by atoms with van der Waals surface area (Å²) >= 11 is 13.0. The average Bonchev–Trinajstić information content (AvgIpc) is 2.85. The van der Waals surface area contributed by atoms with Crippen LogP contribution in [0.3, 0.4) is 0 Å². The molecule has 0 saturated heterocycles. The molecule has 0 spiro atoms. The highest BCUT2D eigenvalue weighted by atomic mass is 35.5.